The molecule has 3 heteroatoms. The van der Waals surface area contributed by atoms with Crippen molar-refractivity contribution in [3.05, 3.63) is 94.2 Å². The third kappa shape index (κ3) is 3.14. The third-order valence-electron chi connectivity index (χ3n) is 3.61. The highest BCUT2D eigenvalue weighted by molar-refractivity contribution is 5.62. The number of halogens is 1. The van der Waals surface area contributed by atoms with Gasteiger partial charge in [-0.1, -0.05) is 42.0 Å². The van der Waals surface area contributed by atoms with Crippen LogP contribution in [0.4, 0.5) is 4.39 Å². The highest BCUT2D eigenvalue weighted by Gasteiger charge is 2.03. The molecule has 0 saturated carbocycles. The van der Waals surface area contributed by atoms with Crippen molar-refractivity contribution in [1.29, 1.82) is 0 Å². The van der Waals surface area contributed by atoms with Crippen molar-refractivity contribution < 1.29 is 4.39 Å². The van der Waals surface area contributed by atoms with Crippen molar-refractivity contribution in [2.45, 2.75) is 13.5 Å². The zero-order chi connectivity index (χ0) is 15.5. The van der Waals surface area contributed by atoms with Crippen molar-refractivity contribution in [3.8, 4) is 11.1 Å². The van der Waals surface area contributed by atoms with Crippen molar-refractivity contribution in [3.63, 3.8) is 0 Å². The molecule has 0 spiro atoms. The van der Waals surface area contributed by atoms with E-state index in [9.17, 15) is 9.18 Å². The molecule has 0 fully saturated rings. The molecule has 0 atom stereocenters. The highest BCUT2D eigenvalue weighted by Crippen LogP contribution is 2.18. The fourth-order valence-corrected chi connectivity index (χ4v) is 2.40. The van der Waals surface area contributed by atoms with E-state index in [0.717, 1.165) is 16.7 Å². The van der Waals surface area contributed by atoms with E-state index >= 15 is 0 Å². The van der Waals surface area contributed by atoms with Crippen LogP contribution >= 0.6 is 0 Å². The Hall–Kier alpha value is -2.68. The van der Waals surface area contributed by atoms with E-state index in [-0.39, 0.29) is 11.4 Å². The summed E-state index contributed by atoms with van der Waals surface area (Å²) in [5.41, 5.74) is 3.88. The summed E-state index contributed by atoms with van der Waals surface area (Å²) in [6.07, 6.45) is 1.82. The molecule has 2 aromatic carbocycles. The molecule has 0 N–H and O–H groups in total. The summed E-state index contributed by atoms with van der Waals surface area (Å²) in [5, 5.41) is 0. The van der Waals surface area contributed by atoms with E-state index in [2.05, 4.69) is 0 Å². The van der Waals surface area contributed by atoms with Crippen LogP contribution in [0.3, 0.4) is 0 Å². The molecular weight excluding hydrogens is 277 g/mol. The van der Waals surface area contributed by atoms with Crippen LogP contribution in [0.2, 0.25) is 0 Å². The van der Waals surface area contributed by atoms with Crippen molar-refractivity contribution >= 4 is 0 Å². The fourth-order valence-electron chi connectivity index (χ4n) is 2.40. The lowest BCUT2D eigenvalue weighted by Gasteiger charge is -2.09. The number of benzene rings is 2. The summed E-state index contributed by atoms with van der Waals surface area (Å²) in [6, 6.07) is 17.8. The van der Waals surface area contributed by atoms with Gasteiger partial charge in [0.2, 0.25) is 0 Å². The first-order valence-electron chi connectivity index (χ1n) is 7.14. The van der Waals surface area contributed by atoms with E-state index < -0.39 is 0 Å². The Balaban J connectivity index is 1.96. The molecule has 110 valence electrons. The minimum atomic E-state index is -0.291. The quantitative estimate of drug-likeness (QED) is 0.715. The molecule has 2 nitrogen and oxygen atoms in total. The van der Waals surface area contributed by atoms with Gasteiger partial charge in [-0.15, -0.1) is 0 Å². The van der Waals surface area contributed by atoms with Crippen LogP contribution in [-0.2, 0) is 6.54 Å². The number of hydrogen-bond acceptors (Lipinski definition) is 1. The lowest BCUT2D eigenvalue weighted by molar-refractivity contribution is 0.623. The fraction of sp³-hybridized carbons (Fsp3) is 0.105. The summed E-state index contributed by atoms with van der Waals surface area (Å²) in [7, 11) is 0. The number of hydrogen-bond donors (Lipinski definition) is 0. The van der Waals surface area contributed by atoms with Crippen molar-refractivity contribution in [1.82, 2.24) is 4.57 Å². The van der Waals surface area contributed by atoms with Crippen LogP contribution in [-0.4, -0.2) is 4.57 Å². The van der Waals surface area contributed by atoms with Gasteiger partial charge in [0.25, 0.3) is 5.56 Å². The Labute approximate surface area is 128 Å². The summed E-state index contributed by atoms with van der Waals surface area (Å²) in [6.45, 7) is 2.39. The lowest BCUT2D eigenvalue weighted by Crippen LogP contribution is -2.19. The van der Waals surface area contributed by atoms with Gasteiger partial charge < -0.3 is 4.57 Å². The minimum absolute atomic E-state index is 0.0971. The zero-order valence-corrected chi connectivity index (χ0v) is 12.3. The molecule has 3 aromatic rings. The van der Waals surface area contributed by atoms with Gasteiger partial charge in [-0.3, -0.25) is 4.79 Å². The monoisotopic (exact) mass is 293 g/mol. The molecule has 0 aliphatic carbocycles. The molecule has 1 heterocycles. The summed E-state index contributed by atoms with van der Waals surface area (Å²) >= 11 is 0. The predicted octanol–water partition coefficient (Wildman–Crippen LogP) is 4.01. The minimum Gasteiger partial charge on any atom is -0.310 e. The van der Waals surface area contributed by atoms with Gasteiger partial charge in [0.15, 0.2) is 0 Å². The van der Waals surface area contributed by atoms with Crippen LogP contribution in [0.1, 0.15) is 11.1 Å². The van der Waals surface area contributed by atoms with E-state index in [1.165, 1.54) is 17.7 Å². The standard InChI is InChI=1S/C19H16FNO/c1-14-5-7-16(8-6-14)17-9-10-19(22)21(13-17)12-15-3-2-4-18(20)11-15/h2-11,13H,12H2,1H3. The first-order valence-corrected chi connectivity index (χ1v) is 7.14. The smallest absolute Gasteiger partial charge is 0.250 e. The van der Waals surface area contributed by atoms with Gasteiger partial charge in [-0.05, 0) is 41.8 Å². The van der Waals surface area contributed by atoms with Crippen LogP contribution in [0.25, 0.3) is 11.1 Å². The molecule has 0 saturated heterocycles. The topological polar surface area (TPSA) is 22.0 Å². The molecule has 0 amide bonds. The average molecular weight is 293 g/mol. The maximum Gasteiger partial charge on any atom is 0.250 e. The largest absolute Gasteiger partial charge is 0.310 e. The number of aromatic nitrogens is 1. The Morgan fingerprint density at radius 3 is 2.41 bits per heavy atom. The maximum absolute atomic E-state index is 13.3. The molecule has 1 aromatic heterocycles. The molecule has 0 unspecified atom stereocenters. The molecule has 0 aliphatic rings. The Kier molecular flexibility index (Phi) is 3.88. The predicted molar refractivity (Wildman–Crippen MR) is 86.4 cm³/mol. The van der Waals surface area contributed by atoms with Gasteiger partial charge in [-0.25, -0.2) is 4.39 Å². The van der Waals surface area contributed by atoms with Crippen molar-refractivity contribution in [2.24, 2.45) is 0 Å². The average Bonchev–Trinajstić information content (AvgIpc) is 2.50. The summed E-state index contributed by atoms with van der Waals surface area (Å²) in [5.74, 6) is -0.291. The Morgan fingerprint density at radius 1 is 0.955 bits per heavy atom. The lowest BCUT2D eigenvalue weighted by atomic mass is 10.1. The van der Waals surface area contributed by atoms with Crippen LogP contribution < -0.4 is 5.56 Å². The van der Waals surface area contributed by atoms with E-state index in [4.69, 9.17) is 0 Å². The van der Waals surface area contributed by atoms with Gasteiger partial charge in [0.05, 0.1) is 6.54 Å². The van der Waals surface area contributed by atoms with Gasteiger partial charge in [0.1, 0.15) is 5.82 Å². The normalized spacial score (nSPS) is 10.6. The van der Waals surface area contributed by atoms with Gasteiger partial charge in [0, 0.05) is 12.3 Å². The molecule has 22 heavy (non-hydrogen) atoms. The summed E-state index contributed by atoms with van der Waals surface area (Å²) < 4.78 is 14.9. The molecule has 0 radical (unpaired) electrons. The number of nitrogens with zero attached hydrogens (tertiary/aromatic N) is 1. The molecular formula is C19H16FNO. The first kappa shape index (κ1) is 14.3. The SMILES string of the molecule is Cc1ccc(-c2ccc(=O)n(Cc3cccc(F)c3)c2)cc1. The van der Waals surface area contributed by atoms with Crippen LogP contribution in [0.5, 0.6) is 0 Å². The number of rotatable bonds is 3. The Morgan fingerprint density at radius 2 is 1.68 bits per heavy atom. The second-order valence-corrected chi connectivity index (χ2v) is 5.38. The Bertz CT molecular complexity index is 850. The zero-order valence-electron chi connectivity index (χ0n) is 12.3. The second-order valence-electron chi connectivity index (χ2n) is 5.38. The van der Waals surface area contributed by atoms with Crippen LogP contribution in [0.15, 0.2) is 71.7 Å². The van der Waals surface area contributed by atoms with Crippen LogP contribution in [0, 0.1) is 12.7 Å². The first-order chi connectivity index (χ1) is 10.6. The molecule has 0 aliphatic heterocycles. The van der Waals surface area contributed by atoms with E-state index in [0.29, 0.717) is 6.54 Å². The third-order valence-corrected chi connectivity index (χ3v) is 3.61. The van der Waals surface area contributed by atoms with Gasteiger partial charge in [-0.2, -0.15) is 0 Å². The van der Waals surface area contributed by atoms with E-state index in [1.54, 1.807) is 16.7 Å². The van der Waals surface area contributed by atoms with E-state index in [1.807, 2.05) is 49.5 Å². The number of pyridine rings is 1. The van der Waals surface area contributed by atoms with Crippen molar-refractivity contribution in [2.75, 3.05) is 0 Å². The maximum atomic E-state index is 13.3. The number of aryl methyl sites for hydroxylation is 1. The molecule has 3 rings (SSSR count). The molecule has 0 bridgehead atoms. The van der Waals surface area contributed by atoms with Gasteiger partial charge >= 0.3 is 0 Å². The highest BCUT2D eigenvalue weighted by atomic mass is 19.1. The summed E-state index contributed by atoms with van der Waals surface area (Å²) in [4.78, 5) is 12.0. The second kappa shape index (κ2) is 5.98.